The number of nitrogens with zero attached hydrogens (tertiary/aromatic N) is 2. The molecule has 4 rings (SSSR count). The highest BCUT2D eigenvalue weighted by Gasteiger charge is 2.30. The number of rotatable bonds is 5. The minimum absolute atomic E-state index is 0.161. The third-order valence-corrected chi connectivity index (χ3v) is 4.68. The van der Waals surface area contributed by atoms with Gasteiger partial charge in [-0.2, -0.15) is 9.88 Å². The van der Waals surface area contributed by atoms with Gasteiger partial charge in [0, 0.05) is 22.8 Å². The van der Waals surface area contributed by atoms with Gasteiger partial charge in [0.15, 0.2) is 0 Å². The monoisotopic (exact) mass is 426 g/mol. The van der Waals surface area contributed by atoms with Crippen molar-refractivity contribution in [1.29, 1.82) is 0 Å². The van der Waals surface area contributed by atoms with Crippen LogP contribution in [0.15, 0.2) is 100 Å². The van der Waals surface area contributed by atoms with E-state index in [9.17, 15) is 14.4 Å². The Morgan fingerprint density at radius 2 is 1.34 bits per heavy atom. The molecule has 0 atom stereocenters. The highest BCUT2D eigenvalue weighted by atomic mass is 16.5. The van der Waals surface area contributed by atoms with Crippen molar-refractivity contribution >= 4 is 17.8 Å². The topological polar surface area (TPSA) is 89.7 Å². The van der Waals surface area contributed by atoms with Gasteiger partial charge in [0.2, 0.25) is 0 Å². The lowest BCUT2D eigenvalue weighted by Crippen LogP contribution is -2.38. The molecule has 0 unspecified atom stereocenters. The van der Waals surface area contributed by atoms with Gasteiger partial charge in [0.05, 0.1) is 7.11 Å². The zero-order valence-electron chi connectivity index (χ0n) is 17.1. The number of ether oxygens (including phenoxy) is 1. The second-order valence-corrected chi connectivity index (χ2v) is 6.75. The molecule has 0 aliphatic heterocycles. The molecule has 0 aliphatic rings. The van der Waals surface area contributed by atoms with E-state index in [0.29, 0.717) is 11.3 Å². The lowest BCUT2D eigenvalue weighted by Gasteiger charge is -2.19. The zero-order valence-corrected chi connectivity index (χ0v) is 17.1. The SMILES string of the molecule is COc1ccc(-c2cc(=O)nc(N(C(=O)c3ccccc3)C(=O)c3ccccc3)o2)cc1. The van der Waals surface area contributed by atoms with Crippen molar-refractivity contribution in [3.05, 3.63) is 112 Å². The van der Waals surface area contributed by atoms with Crippen LogP contribution in [0.4, 0.5) is 6.01 Å². The van der Waals surface area contributed by atoms with E-state index in [1.54, 1.807) is 92.0 Å². The van der Waals surface area contributed by atoms with Crippen LogP contribution in [0.1, 0.15) is 20.7 Å². The van der Waals surface area contributed by atoms with Gasteiger partial charge < -0.3 is 9.15 Å². The van der Waals surface area contributed by atoms with Gasteiger partial charge in [-0.3, -0.25) is 14.4 Å². The average molecular weight is 426 g/mol. The molecular weight excluding hydrogens is 408 g/mol. The Labute approximate surface area is 183 Å². The summed E-state index contributed by atoms with van der Waals surface area (Å²) in [5.41, 5.74) is 0.404. The first-order chi connectivity index (χ1) is 15.6. The van der Waals surface area contributed by atoms with Gasteiger partial charge in [0.25, 0.3) is 17.4 Å². The van der Waals surface area contributed by atoms with Crippen molar-refractivity contribution in [1.82, 2.24) is 4.98 Å². The fourth-order valence-electron chi connectivity index (χ4n) is 3.07. The summed E-state index contributed by atoms with van der Waals surface area (Å²) in [6, 6.07) is 24.1. The van der Waals surface area contributed by atoms with Gasteiger partial charge in [-0.1, -0.05) is 36.4 Å². The Morgan fingerprint density at radius 1 is 0.812 bits per heavy atom. The molecule has 32 heavy (non-hydrogen) atoms. The predicted octanol–water partition coefficient (Wildman–Crippen LogP) is 4.20. The second kappa shape index (κ2) is 9.09. The van der Waals surface area contributed by atoms with E-state index in [1.165, 1.54) is 6.07 Å². The molecule has 0 radical (unpaired) electrons. The van der Waals surface area contributed by atoms with Crippen LogP contribution in [0.3, 0.4) is 0 Å². The van der Waals surface area contributed by atoms with Crippen LogP contribution in [0, 0.1) is 0 Å². The Kier molecular flexibility index (Phi) is 5.89. The van der Waals surface area contributed by atoms with Gasteiger partial charge in [-0.15, -0.1) is 0 Å². The zero-order chi connectivity index (χ0) is 22.5. The molecule has 158 valence electrons. The van der Waals surface area contributed by atoms with E-state index in [0.717, 1.165) is 4.90 Å². The molecule has 1 heterocycles. The Morgan fingerprint density at radius 3 is 1.84 bits per heavy atom. The van der Waals surface area contributed by atoms with Gasteiger partial charge >= 0.3 is 6.01 Å². The number of methoxy groups -OCH3 is 1. The number of hydrogen-bond acceptors (Lipinski definition) is 6. The molecule has 0 N–H and O–H groups in total. The highest BCUT2D eigenvalue weighted by Crippen LogP contribution is 2.25. The summed E-state index contributed by atoms with van der Waals surface area (Å²) in [7, 11) is 1.54. The molecular formula is C25H18N2O5. The summed E-state index contributed by atoms with van der Waals surface area (Å²) < 4.78 is 10.9. The van der Waals surface area contributed by atoms with E-state index in [-0.39, 0.29) is 16.9 Å². The standard InChI is InChI=1S/C25H18N2O5/c1-31-20-14-12-17(13-15-20)21-16-22(28)26-25(32-21)27(23(29)18-8-4-2-5-9-18)24(30)19-10-6-3-7-11-19/h2-16H,1H3. The number of carbonyl (C=O) groups excluding carboxylic acids is 2. The van der Waals surface area contributed by atoms with Crippen LogP contribution < -0.4 is 15.2 Å². The number of imide groups is 1. The molecule has 0 saturated carbocycles. The van der Waals surface area contributed by atoms with Crippen LogP contribution >= 0.6 is 0 Å². The van der Waals surface area contributed by atoms with Crippen molar-refractivity contribution in [2.45, 2.75) is 0 Å². The molecule has 1 aromatic heterocycles. The van der Waals surface area contributed by atoms with Gasteiger partial charge in [-0.05, 0) is 48.5 Å². The third kappa shape index (κ3) is 4.32. The quantitative estimate of drug-likeness (QED) is 0.445. The summed E-state index contributed by atoms with van der Waals surface area (Å²) in [6.07, 6.45) is 0. The van der Waals surface area contributed by atoms with Crippen molar-refractivity contribution in [3.63, 3.8) is 0 Å². The number of benzene rings is 3. The maximum Gasteiger partial charge on any atom is 0.315 e. The fraction of sp³-hybridized carbons (Fsp3) is 0.0400. The second-order valence-electron chi connectivity index (χ2n) is 6.75. The summed E-state index contributed by atoms with van der Waals surface area (Å²) in [5, 5.41) is 0. The van der Waals surface area contributed by atoms with Gasteiger partial charge in [0.1, 0.15) is 11.5 Å². The Hall–Kier alpha value is -4.52. The molecule has 0 aliphatic carbocycles. The lowest BCUT2D eigenvalue weighted by atomic mass is 10.1. The summed E-state index contributed by atoms with van der Waals surface area (Å²) in [4.78, 5) is 43.6. The van der Waals surface area contributed by atoms with E-state index >= 15 is 0 Å². The number of anilines is 1. The van der Waals surface area contributed by atoms with Crippen LogP contribution in [0.5, 0.6) is 5.75 Å². The normalized spacial score (nSPS) is 10.4. The largest absolute Gasteiger partial charge is 0.497 e. The molecule has 0 fully saturated rings. The van der Waals surface area contributed by atoms with Gasteiger partial charge in [-0.25, -0.2) is 0 Å². The maximum absolute atomic E-state index is 13.3. The Bertz CT molecular complexity index is 1250. The number of aromatic nitrogens is 1. The van der Waals surface area contributed by atoms with Crippen LogP contribution in [-0.4, -0.2) is 23.9 Å². The molecule has 3 aromatic carbocycles. The minimum atomic E-state index is -0.665. The number of carbonyl (C=O) groups is 2. The molecule has 0 bridgehead atoms. The number of hydrogen-bond donors (Lipinski definition) is 0. The molecule has 0 spiro atoms. The van der Waals surface area contributed by atoms with E-state index in [1.807, 2.05) is 0 Å². The first-order valence-electron chi connectivity index (χ1n) is 9.72. The highest BCUT2D eigenvalue weighted by molar-refractivity contribution is 6.24. The first kappa shape index (κ1) is 20.7. The van der Waals surface area contributed by atoms with Crippen LogP contribution in [-0.2, 0) is 0 Å². The van der Waals surface area contributed by atoms with E-state index < -0.39 is 23.4 Å². The van der Waals surface area contributed by atoms with Crippen molar-refractivity contribution < 1.29 is 18.7 Å². The molecule has 7 heteroatoms. The molecule has 2 amide bonds. The maximum atomic E-state index is 13.3. The number of amides is 2. The fourth-order valence-corrected chi connectivity index (χ4v) is 3.07. The average Bonchev–Trinajstić information content (AvgIpc) is 2.85. The first-order valence-corrected chi connectivity index (χ1v) is 9.72. The summed E-state index contributed by atoms with van der Waals surface area (Å²) >= 11 is 0. The lowest BCUT2D eigenvalue weighted by molar-refractivity contribution is 0.0889. The van der Waals surface area contributed by atoms with Crippen molar-refractivity contribution in [3.8, 4) is 17.1 Å². The van der Waals surface area contributed by atoms with E-state index in [2.05, 4.69) is 4.98 Å². The summed E-state index contributed by atoms with van der Waals surface area (Å²) in [5.74, 6) is -0.538. The Balaban J connectivity index is 1.83. The van der Waals surface area contributed by atoms with Crippen molar-refractivity contribution in [2.24, 2.45) is 0 Å². The molecule has 4 aromatic rings. The molecule has 0 saturated heterocycles. The predicted molar refractivity (Wildman–Crippen MR) is 119 cm³/mol. The van der Waals surface area contributed by atoms with Crippen molar-refractivity contribution in [2.75, 3.05) is 12.0 Å². The smallest absolute Gasteiger partial charge is 0.315 e. The van der Waals surface area contributed by atoms with Crippen LogP contribution in [0.2, 0.25) is 0 Å². The summed E-state index contributed by atoms with van der Waals surface area (Å²) in [6.45, 7) is 0. The van der Waals surface area contributed by atoms with Crippen LogP contribution in [0.25, 0.3) is 11.3 Å². The third-order valence-electron chi connectivity index (χ3n) is 4.68. The minimum Gasteiger partial charge on any atom is -0.497 e. The van der Waals surface area contributed by atoms with E-state index in [4.69, 9.17) is 9.15 Å². The molecule has 7 nitrogen and oxygen atoms in total.